The Bertz CT molecular complexity index is 157. The summed E-state index contributed by atoms with van der Waals surface area (Å²) in [6, 6.07) is 0.121. The van der Waals surface area contributed by atoms with Gasteiger partial charge in [-0.1, -0.05) is 0 Å². The highest BCUT2D eigenvalue weighted by Gasteiger charge is 2.23. The summed E-state index contributed by atoms with van der Waals surface area (Å²) in [4.78, 5) is 2.10. The Morgan fingerprint density at radius 3 is 3.07 bits per heavy atom. The van der Waals surface area contributed by atoms with E-state index in [0.717, 1.165) is 19.6 Å². The van der Waals surface area contributed by atoms with Crippen molar-refractivity contribution in [2.45, 2.75) is 12.1 Å². The van der Waals surface area contributed by atoms with Crippen LogP contribution < -0.4 is 5.32 Å². The smallest absolute Gasteiger partial charge is 0.0900 e. The van der Waals surface area contributed by atoms with Crippen molar-refractivity contribution in [2.75, 3.05) is 46.5 Å². The van der Waals surface area contributed by atoms with E-state index in [1.165, 1.54) is 0 Å². The molecule has 1 aliphatic rings. The fourth-order valence-electron chi connectivity index (χ4n) is 1.74. The molecule has 5 nitrogen and oxygen atoms in total. The molecule has 0 aromatic heterocycles. The third-order valence-corrected chi connectivity index (χ3v) is 2.49. The topological polar surface area (TPSA) is 65.0 Å². The predicted octanol–water partition coefficient (Wildman–Crippen LogP) is -1.74. The molecule has 1 aliphatic heterocycles. The van der Waals surface area contributed by atoms with E-state index in [1.54, 1.807) is 7.11 Å². The molecule has 0 radical (unpaired) electrons. The number of rotatable bonds is 5. The minimum absolute atomic E-state index is 0.121. The molecule has 0 spiro atoms. The van der Waals surface area contributed by atoms with Crippen LogP contribution in [0.1, 0.15) is 0 Å². The van der Waals surface area contributed by atoms with Crippen molar-refractivity contribution in [2.24, 2.45) is 0 Å². The average molecular weight is 204 g/mol. The van der Waals surface area contributed by atoms with Gasteiger partial charge in [0.1, 0.15) is 0 Å². The van der Waals surface area contributed by atoms with Gasteiger partial charge in [0.15, 0.2) is 0 Å². The number of piperazine rings is 1. The first-order valence-electron chi connectivity index (χ1n) is 5.00. The maximum absolute atomic E-state index is 9.55. The fraction of sp³-hybridized carbons (Fsp3) is 1.00. The molecule has 0 aromatic carbocycles. The standard InChI is InChI=1S/C9H20N2O3/c1-14-7-9(13)5-11-3-2-10-4-8(11)6-12/h8-10,12-13H,2-7H2,1H3. The maximum atomic E-state index is 9.55. The molecule has 14 heavy (non-hydrogen) atoms. The van der Waals surface area contributed by atoms with Gasteiger partial charge in [0, 0.05) is 39.3 Å². The van der Waals surface area contributed by atoms with Crippen LogP contribution in [0.5, 0.6) is 0 Å². The third-order valence-electron chi connectivity index (χ3n) is 2.49. The summed E-state index contributed by atoms with van der Waals surface area (Å²) in [6.07, 6.45) is -0.466. The molecule has 0 amide bonds. The van der Waals surface area contributed by atoms with E-state index in [0.29, 0.717) is 13.2 Å². The van der Waals surface area contributed by atoms with Gasteiger partial charge in [-0.05, 0) is 0 Å². The number of ether oxygens (including phenoxy) is 1. The van der Waals surface area contributed by atoms with Gasteiger partial charge >= 0.3 is 0 Å². The van der Waals surface area contributed by atoms with Gasteiger partial charge in [0.05, 0.1) is 19.3 Å². The molecule has 84 valence electrons. The fourth-order valence-corrected chi connectivity index (χ4v) is 1.74. The number of β-amino-alcohol motifs (C(OH)–C–C–N with tert-alkyl or cyclic N) is 1. The van der Waals surface area contributed by atoms with Crippen molar-refractivity contribution in [3.63, 3.8) is 0 Å². The highest BCUT2D eigenvalue weighted by Crippen LogP contribution is 2.03. The number of aliphatic hydroxyl groups is 2. The Morgan fingerprint density at radius 2 is 2.43 bits per heavy atom. The van der Waals surface area contributed by atoms with Crippen molar-refractivity contribution < 1.29 is 14.9 Å². The summed E-state index contributed by atoms with van der Waals surface area (Å²) in [6.45, 7) is 3.62. The minimum Gasteiger partial charge on any atom is -0.395 e. The molecule has 1 rings (SSSR count). The van der Waals surface area contributed by atoms with Crippen LogP contribution in [0.4, 0.5) is 0 Å². The predicted molar refractivity (Wildman–Crippen MR) is 53.2 cm³/mol. The largest absolute Gasteiger partial charge is 0.395 e. The van der Waals surface area contributed by atoms with Gasteiger partial charge < -0.3 is 20.3 Å². The number of aliphatic hydroxyl groups excluding tert-OH is 2. The summed E-state index contributed by atoms with van der Waals surface area (Å²) in [5.74, 6) is 0. The van der Waals surface area contributed by atoms with E-state index in [4.69, 9.17) is 9.84 Å². The number of hydrogen-bond donors (Lipinski definition) is 3. The Kier molecular flexibility index (Phi) is 5.36. The molecule has 0 saturated carbocycles. The highest BCUT2D eigenvalue weighted by atomic mass is 16.5. The quantitative estimate of drug-likeness (QED) is 0.496. The van der Waals surface area contributed by atoms with Crippen molar-refractivity contribution in [3.8, 4) is 0 Å². The zero-order chi connectivity index (χ0) is 10.4. The Labute approximate surface area is 84.7 Å². The highest BCUT2D eigenvalue weighted by molar-refractivity contribution is 4.80. The maximum Gasteiger partial charge on any atom is 0.0900 e. The summed E-state index contributed by atoms with van der Waals surface area (Å²) < 4.78 is 4.86. The van der Waals surface area contributed by atoms with Gasteiger partial charge in [-0.15, -0.1) is 0 Å². The summed E-state index contributed by atoms with van der Waals surface area (Å²) in [5, 5.41) is 21.9. The van der Waals surface area contributed by atoms with Gasteiger partial charge in [-0.25, -0.2) is 0 Å². The molecular formula is C9H20N2O3. The van der Waals surface area contributed by atoms with Crippen LogP contribution in [0, 0.1) is 0 Å². The first-order chi connectivity index (χ1) is 6.77. The van der Waals surface area contributed by atoms with E-state index in [-0.39, 0.29) is 12.6 Å². The average Bonchev–Trinajstić information content (AvgIpc) is 2.19. The lowest BCUT2D eigenvalue weighted by atomic mass is 10.2. The molecule has 1 saturated heterocycles. The van der Waals surface area contributed by atoms with Crippen LogP contribution in [-0.2, 0) is 4.74 Å². The summed E-state index contributed by atoms with van der Waals surface area (Å²) >= 11 is 0. The third kappa shape index (κ3) is 3.51. The molecule has 0 aromatic rings. The molecule has 1 heterocycles. The van der Waals surface area contributed by atoms with Crippen LogP contribution in [0.15, 0.2) is 0 Å². The van der Waals surface area contributed by atoms with Crippen molar-refractivity contribution in [1.29, 1.82) is 0 Å². The van der Waals surface area contributed by atoms with E-state index < -0.39 is 6.10 Å². The van der Waals surface area contributed by atoms with Crippen LogP contribution in [0.3, 0.4) is 0 Å². The lowest BCUT2D eigenvalue weighted by Gasteiger charge is -2.36. The number of hydrogen-bond acceptors (Lipinski definition) is 5. The van der Waals surface area contributed by atoms with Crippen LogP contribution in [-0.4, -0.2) is 73.8 Å². The van der Waals surface area contributed by atoms with Crippen molar-refractivity contribution in [1.82, 2.24) is 10.2 Å². The second-order valence-electron chi connectivity index (χ2n) is 3.64. The molecular weight excluding hydrogens is 184 g/mol. The molecule has 5 heteroatoms. The summed E-state index contributed by atoms with van der Waals surface area (Å²) in [5.41, 5.74) is 0. The van der Waals surface area contributed by atoms with E-state index in [1.807, 2.05) is 0 Å². The lowest BCUT2D eigenvalue weighted by molar-refractivity contribution is 0.0109. The normalized spacial score (nSPS) is 26.4. The van der Waals surface area contributed by atoms with Gasteiger partial charge in [0.25, 0.3) is 0 Å². The molecule has 3 N–H and O–H groups in total. The lowest BCUT2D eigenvalue weighted by Crippen LogP contribution is -2.55. The van der Waals surface area contributed by atoms with Crippen molar-refractivity contribution >= 4 is 0 Å². The van der Waals surface area contributed by atoms with Crippen molar-refractivity contribution in [3.05, 3.63) is 0 Å². The second kappa shape index (κ2) is 6.31. The van der Waals surface area contributed by atoms with Crippen LogP contribution in [0.2, 0.25) is 0 Å². The van der Waals surface area contributed by atoms with Crippen LogP contribution >= 0.6 is 0 Å². The number of nitrogens with one attached hydrogen (secondary N) is 1. The zero-order valence-corrected chi connectivity index (χ0v) is 8.65. The first-order valence-corrected chi connectivity index (χ1v) is 5.00. The molecule has 2 atom stereocenters. The van der Waals surface area contributed by atoms with E-state index in [9.17, 15) is 5.11 Å². The second-order valence-corrected chi connectivity index (χ2v) is 3.64. The van der Waals surface area contributed by atoms with Crippen LogP contribution in [0.25, 0.3) is 0 Å². The molecule has 1 fully saturated rings. The minimum atomic E-state index is -0.466. The van der Waals surface area contributed by atoms with Gasteiger partial charge in [-0.3, -0.25) is 4.90 Å². The Hall–Kier alpha value is -0.200. The van der Waals surface area contributed by atoms with Gasteiger partial charge in [0.2, 0.25) is 0 Å². The van der Waals surface area contributed by atoms with E-state index in [2.05, 4.69) is 10.2 Å². The Morgan fingerprint density at radius 1 is 1.64 bits per heavy atom. The first kappa shape index (κ1) is 11.9. The molecule has 2 unspecified atom stereocenters. The monoisotopic (exact) mass is 204 g/mol. The number of nitrogens with zero attached hydrogens (tertiary/aromatic N) is 1. The van der Waals surface area contributed by atoms with E-state index >= 15 is 0 Å². The zero-order valence-electron chi connectivity index (χ0n) is 8.65. The SMILES string of the molecule is COCC(O)CN1CCNCC1CO. The molecule has 0 bridgehead atoms. The number of methoxy groups -OCH3 is 1. The van der Waals surface area contributed by atoms with Gasteiger partial charge in [-0.2, -0.15) is 0 Å². The Balaban J connectivity index is 2.32. The summed E-state index contributed by atoms with van der Waals surface area (Å²) in [7, 11) is 1.57. The molecule has 0 aliphatic carbocycles.